The molecule has 2 aromatic heterocycles. The van der Waals surface area contributed by atoms with E-state index in [-0.39, 0.29) is 39.8 Å². The Morgan fingerprint density at radius 2 is 1.43 bits per heavy atom. The van der Waals surface area contributed by atoms with Gasteiger partial charge in [0.05, 0.1) is 11.1 Å². The number of fused-ring (bicyclic) bond motifs is 3. The minimum atomic E-state index is -0.714. The summed E-state index contributed by atoms with van der Waals surface area (Å²) >= 11 is 0. The molecule has 1 aliphatic rings. The quantitative estimate of drug-likeness (QED) is 0.762. The topological polar surface area (TPSA) is 118 Å². The van der Waals surface area contributed by atoms with E-state index in [9.17, 15) is 19.2 Å². The monoisotopic (exact) mass is 380 g/mol. The lowest BCUT2D eigenvalue weighted by Gasteiger charge is -2.17. The number of ketones is 2. The van der Waals surface area contributed by atoms with Crippen LogP contribution < -0.4 is 10.6 Å². The molecule has 2 amide bonds. The van der Waals surface area contributed by atoms with Crippen molar-refractivity contribution in [3.8, 4) is 11.4 Å². The van der Waals surface area contributed by atoms with E-state index in [4.69, 9.17) is 0 Å². The lowest BCUT2D eigenvalue weighted by molar-refractivity contribution is 0.0814. The third-order valence-corrected chi connectivity index (χ3v) is 4.71. The first kappa shape index (κ1) is 19.3. The van der Waals surface area contributed by atoms with Crippen molar-refractivity contribution in [1.82, 2.24) is 20.6 Å². The summed E-state index contributed by atoms with van der Waals surface area (Å²) in [5, 5.41) is 5.26. The lowest BCUT2D eigenvalue weighted by atomic mass is 9.90. The van der Waals surface area contributed by atoms with Crippen LogP contribution in [-0.2, 0) is 0 Å². The van der Waals surface area contributed by atoms with Crippen LogP contribution in [0.5, 0.6) is 0 Å². The Bertz CT molecular complexity index is 1000. The molecule has 0 spiro atoms. The molecule has 3 rings (SSSR count). The number of hydrogen-bond donors (Lipinski definition) is 2. The molecule has 0 radical (unpaired) electrons. The second kappa shape index (κ2) is 7.67. The fourth-order valence-corrected chi connectivity index (χ4v) is 2.77. The summed E-state index contributed by atoms with van der Waals surface area (Å²) in [6.45, 7) is 4.55. The zero-order valence-corrected chi connectivity index (χ0v) is 15.8. The molecule has 2 N–H and O–H groups in total. The van der Waals surface area contributed by atoms with Gasteiger partial charge in [-0.15, -0.1) is 0 Å². The molecule has 28 heavy (non-hydrogen) atoms. The van der Waals surface area contributed by atoms with Crippen molar-refractivity contribution < 1.29 is 19.2 Å². The highest BCUT2D eigenvalue weighted by Crippen LogP contribution is 2.31. The molecule has 8 nitrogen and oxygen atoms in total. The maximum atomic E-state index is 12.4. The summed E-state index contributed by atoms with van der Waals surface area (Å²) < 4.78 is 0. The van der Waals surface area contributed by atoms with Gasteiger partial charge in [0.2, 0.25) is 11.6 Å². The number of nitrogens with zero attached hydrogens (tertiary/aromatic N) is 2. The number of pyridine rings is 2. The third-order valence-electron chi connectivity index (χ3n) is 4.71. The molecule has 0 aliphatic heterocycles. The highest BCUT2D eigenvalue weighted by atomic mass is 16.2. The van der Waals surface area contributed by atoms with Crippen molar-refractivity contribution >= 4 is 23.4 Å². The van der Waals surface area contributed by atoms with Gasteiger partial charge in [0.1, 0.15) is 22.8 Å². The Morgan fingerprint density at radius 3 is 1.89 bits per heavy atom. The Balaban J connectivity index is 2.05. The molecular weight excluding hydrogens is 360 g/mol. The molecule has 144 valence electrons. The number of amides is 2. The number of aromatic nitrogens is 2. The van der Waals surface area contributed by atoms with Gasteiger partial charge in [-0.2, -0.15) is 0 Å². The molecule has 2 aromatic rings. The van der Waals surface area contributed by atoms with E-state index >= 15 is 0 Å². The Labute approximate surface area is 161 Å². The van der Waals surface area contributed by atoms with Crippen LogP contribution in [0, 0.1) is 5.92 Å². The van der Waals surface area contributed by atoms with E-state index < -0.39 is 17.5 Å². The van der Waals surface area contributed by atoms with Crippen molar-refractivity contribution in [3.63, 3.8) is 0 Å². The summed E-state index contributed by atoms with van der Waals surface area (Å²) in [6, 6.07) is 5.56. The van der Waals surface area contributed by atoms with Crippen molar-refractivity contribution in [2.75, 3.05) is 13.6 Å². The van der Waals surface area contributed by atoms with Crippen molar-refractivity contribution in [1.29, 1.82) is 0 Å². The van der Waals surface area contributed by atoms with Crippen LogP contribution in [0.1, 0.15) is 62.0 Å². The molecule has 0 saturated carbocycles. The number of nitrogens with one attached hydrogen (secondary N) is 2. The molecule has 0 fully saturated rings. The minimum absolute atomic E-state index is 0.0646. The Kier molecular flexibility index (Phi) is 5.30. The van der Waals surface area contributed by atoms with Crippen LogP contribution in [0.4, 0.5) is 0 Å². The molecule has 0 bridgehead atoms. The first-order valence-electron chi connectivity index (χ1n) is 8.99. The van der Waals surface area contributed by atoms with Crippen molar-refractivity contribution in [2.45, 2.75) is 20.3 Å². The van der Waals surface area contributed by atoms with Crippen LogP contribution in [0.15, 0.2) is 24.3 Å². The van der Waals surface area contributed by atoms with Gasteiger partial charge >= 0.3 is 0 Å². The average molecular weight is 380 g/mol. The average Bonchev–Trinajstić information content (AvgIpc) is 2.74. The first-order chi connectivity index (χ1) is 13.4. The first-order valence-corrected chi connectivity index (χ1v) is 8.99. The molecular formula is C20H20N4O4. The largest absolute Gasteiger partial charge is 0.354 e. The summed E-state index contributed by atoms with van der Waals surface area (Å²) in [7, 11) is 1.46. The number of rotatable bonds is 5. The third kappa shape index (κ3) is 3.40. The van der Waals surface area contributed by atoms with Crippen molar-refractivity contribution in [2.24, 2.45) is 5.92 Å². The van der Waals surface area contributed by atoms with E-state index in [0.717, 1.165) is 6.42 Å². The van der Waals surface area contributed by atoms with E-state index in [1.165, 1.54) is 31.3 Å². The molecule has 1 aliphatic carbocycles. The Hall–Kier alpha value is -3.42. The van der Waals surface area contributed by atoms with Crippen LogP contribution in [0.3, 0.4) is 0 Å². The normalized spacial score (nSPS) is 13.4. The summed E-state index contributed by atoms with van der Waals surface area (Å²) in [4.78, 5) is 57.6. The predicted molar refractivity (Wildman–Crippen MR) is 101 cm³/mol. The summed E-state index contributed by atoms with van der Waals surface area (Å²) in [5.41, 5.74) is 0.580. The minimum Gasteiger partial charge on any atom is -0.354 e. The SMILES string of the molecule is CCC(C)CNC(=O)c1ccc2c(n1)-c1nc(C(=O)NC)ccc1C(=O)C2=O. The van der Waals surface area contributed by atoms with E-state index in [1.54, 1.807) is 0 Å². The number of Topliss-reactive ketones (excluding diaryl/α,β-unsaturated/α-hetero) is 2. The molecule has 2 heterocycles. The fourth-order valence-electron chi connectivity index (χ4n) is 2.77. The maximum absolute atomic E-state index is 12.4. The molecule has 1 atom stereocenters. The lowest BCUT2D eigenvalue weighted by Crippen LogP contribution is -2.30. The molecule has 0 aromatic carbocycles. The van der Waals surface area contributed by atoms with Crippen LogP contribution in [0.2, 0.25) is 0 Å². The smallest absolute Gasteiger partial charge is 0.269 e. The van der Waals surface area contributed by atoms with Gasteiger partial charge in [-0.3, -0.25) is 19.2 Å². The molecule has 1 unspecified atom stereocenters. The van der Waals surface area contributed by atoms with Gasteiger partial charge in [-0.05, 0) is 30.2 Å². The van der Waals surface area contributed by atoms with E-state index in [2.05, 4.69) is 20.6 Å². The fraction of sp³-hybridized carbons (Fsp3) is 0.300. The standard InChI is InChI=1S/C20H20N4O4/c1-4-10(2)9-22-20(28)14-8-6-12-16(24-14)15-11(17(25)18(12)26)5-7-13(23-15)19(27)21-3/h5-8,10H,4,9H2,1-3H3,(H,21,27)(H,22,28). The zero-order valence-electron chi connectivity index (χ0n) is 15.8. The van der Waals surface area contributed by atoms with Crippen LogP contribution in [0.25, 0.3) is 11.4 Å². The summed E-state index contributed by atoms with van der Waals surface area (Å²) in [5.74, 6) is -1.92. The highest BCUT2D eigenvalue weighted by molar-refractivity contribution is 6.52. The number of hydrogen-bond acceptors (Lipinski definition) is 6. The van der Waals surface area contributed by atoms with Gasteiger partial charge < -0.3 is 10.6 Å². The van der Waals surface area contributed by atoms with Gasteiger partial charge in [0.15, 0.2) is 0 Å². The van der Waals surface area contributed by atoms with Gasteiger partial charge in [-0.1, -0.05) is 20.3 Å². The highest BCUT2D eigenvalue weighted by Gasteiger charge is 2.33. The van der Waals surface area contributed by atoms with Gasteiger partial charge in [0, 0.05) is 13.6 Å². The maximum Gasteiger partial charge on any atom is 0.269 e. The molecule has 0 saturated heterocycles. The second-order valence-corrected chi connectivity index (χ2v) is 6.65. The van der Waals surface area contributed by atoms with Crippen molar-refractivity contribution in [3.05, 3.63) is 46.8 Å². The van der Waals surface area contributed by atoms with E-state index in [1.807, 2.05) is 13.8 Å². The predicted octanol–water partition coefficient (Wildman–Crippen LogP) is 1.66. The van der Waals surface area contributed by atoms with Crippen LogP contribution in [-0.4, -0.2) is 46.9 Å². The zero-order chi connectivity index (χ0) is 20.4. The van der Waals surface area contributed by atoms with E-state index in [0.29, 0.717) is 12.5 Å². The summed E-state index contributed by atoms with van der Waals surface area (Å²) in [6.07, 6.45) is 0.925. The molecule has 8 heteroatoms. The van der Waals surface area contributed by atoms with Gasteiger partial charge in [0.25, 0.3) is 11.8 Å². The number of carbonyl (C=O) groups excluding carboxylic acids is 4. The van der Waals surface area contributed by atoms with Gasteiger partial charge in [-0.25, -0.2) is 9.97 Å². The van der Waals surface area contributed by atoms with Crippen LogP contribution >= 0.6 is 0 Å². The number of carbonyl (C=O) groups is 4. The Morgan fingerprint density at radius 1 is 0.929 bits per heavy atom. The second-order valence-electron chi connectivity index (χ2n) is 6.65.